The predicted octanol–water partition coefficient (Wildman–Crippen LogP) is 2.92. The highest BCUT2D eigenvalue weighted by molar-refractivity contribution is 5.75. The maximum absolute atomic E-state index is 12.0. The first kappa shape index (κ1) is 12.7. The molecule has 0 radical (unpaired) electrons. The van der Waals surface area contributed by atoms with Crippen molar-refractivity contribution in [2.45, 2.75) is 26.8 Å². The molecule has 0 atom stereocenters. The lowest BCUT2D eigenvalue weighted by molar-refractivity contribution is 0.196. The first-order valence-corrected chi connectivity index (χ1v) is 6.45. The summed E-state index contributed by atoms with van der Waals surface area (Å²) in [4.78, 5) is 13.8. The van der Waals surface area contributed by atoms with Crippen molar-refractivity contribution >= 4 is 6.03 Å². The number of urea groups is 1. The molecule has 1 N–H and O–H groups in total. The number of fused-ring (bicyclic) bond motifs is 1. The van der Waals surface area contributed by atoms with E-state index in [4.69, 9.17) is 0 Å². The first-order chi connectivity index (χ1) is 8.66. The minimum atomic E-state index is -0.0126. The third kappa shape index (κ3) is 3.13. The van der Waals surface area contributed by atoms with Crippen LogP contribution in [-0.4, -0.2) is 17.5 Å². The average molecular weight is 244 g/mol. The highest BCUT2D eigenvalue weighted by Gasteiger charge is 2.19. The van der Waals surface area contributed by atoms with E-state index in [-0.39, 0.29) is 6.03 Å². The molecule has 1 aliphatic rings. The van der Waals surface area contributed by atoms with Gasteiger partial charge in [0.05, 0.1) is 0 Å². The third-order valence-corrected chi connectivity index (χ3v) is 3.11. The van der Waals surface area contributed by atoms with Crippen molar-refractivity contribution in [2.24, 2.45) is 5.92 Å². The molecule has 1 heterocycles. The molecule has 0 saturated carbocycles. The molecule has 0 aromatic heterocycles. The van der Waals surface area contributed by atoms with Gasteiger partial charge in [0.2, 0.25) is 0 Å². The Balaban J connectivity index is 1.94. The van der Waals surface area contributed by atoms with Crippen molar-refractivity contribution in [1.82, 2.24) is 10.2 Å². The van der Waals surface area contributed by atoms with E-state index >= 15 is 0 Å². The van der Waals surface area contributed by atoms with Gasteiger partial charge < -0.3 is 10.2 Å². The summed E-state index contributed by atoms with van der Waals surface area (Å²) in [6, 6.07) is 8.31. The highest BCUT2D eigenvalue weighted by Crippen LogP contribution is 2.18. The average Bonchev–Trinajstić information content (AvgIpc) is 2.37. The van der Waals surface area contributed by atoms with E-state index in [0.717, 1.165) is 13.0 Å². The number of carbonyl (C=O) groups is 1. The second-order valence-electron chi connectivity index (χ2n) is 4.99. The fourth-order valence-corrected chi connectivity index (χ4v) is 2.07. The number of rotatable bonds is 2. The smallest absolute Gasteiger partial charge is 0.320 e. The first-order valence-electron chi connectivity index (χ1n) is 6.45. The number of carbonyl (C=O) groups excluding carboxylic acids is 1. The molecule has 3 nitrogen and oxygen atoms in total. The van der Waals surface area contributed by atoms with Gasteiger partial charge in [0.1, 0.15) is 0 Å². The topological polar surface area (TPSA) is 32.3 Å². The lowest BCUT2D eigenvalue weighted by Crippen LogP contribution is -2.40. The summed E-state index contributed by atoms with van der Waals surface area (Å²) in [6.07, 6.45) is 4.67. The fraction of sp³-hybridized carbons (Fsp3) is 0.400. The Morgan fingerprint density at radius 2 is 2.06 bits per heavy atom. The van der Waals surface area contributed by atoms with Crippen LogP contribution in [0.15, 0.2) is 36.5 Å². The number of amides is 2. The van der Waals surface area contributed by atoms with E-state index in [1.807, 2.05) is 17.0 Å². The summed E-state index contributed by atoms with van der Waals surface area (Å²) in [7, 11) is 0. The molecule has 0 fully saturated rings. The van der Waals surface area contributed by atoms with Crippen LogP contribution in [0.25, 0.3) is 0 Å². The van der Waals surface area contributed by atoms with Crippen molar-refractivity contribution in [3.05, 3.63) is 47.7 Å². The van der Waals surface area contributed by atoms with Crippen LogP contribution < -0.4 is 5.32 Å². The Kier molecular flexibility index (Phi) is 4.03. The van der Waals surface area contributed by atoms with Gasteiger partial charge in [-0.25, -0.2) is 4.79 Å². The zero-order chi connectivity index (χ0) is 13.0. The lowest BCUT2D eigenvalue weighted by atomic mass is 10.0. The summed E-state index contributed by atoms with van der Waals surface area (Å²) in [5.74, 6) is 0.451. The van der Waals surface area contributed by atoms with Crippen molar-refractivity contribution < 1.29 is 4.79 Å². The third-order valence-electron chi connectivity index (χ3n) is 3.11. The number of allylic oxidation sites excluding steroid dienone is 1. The normalized spacial score (nSPS) is 14.9. The van der Waals surface area contributed by atoms with Gasteiger partial charge in [-0.05, 0) is 23.5 Å². The minimum Gasteiger partial charge on any atom is -0.320 e. The van der Waals surface area contributed by atoms with Gasteiger partial charge in [-0.3, -0.25) is 0 Å². The van der Waals surface area contributed by atoms with Crippen LogP contribution in [0.1, 0.15) is 25.0 Å². The maximum Gasteiger partial charge on any atom is 0.321 e. The van der Waals surface area contributed by atoms with E-state index in [0.29, 0.717) is 12.5 Å². The Morgan fingerprint density at radius 3 is 2.78 bits per heavy atom. The molecular formula is C15H20N2O. The van der Waals surface area contributed by atoms with Crippen LogP contribution in [0.2, 0.25) is 0 Å². The predicted molar refractivity (Wildman–Crippen MR) is 73.1 cm³/mol. The molecule has 96 valence electrons. The molecule has 1 aliphatic heterocycles. The Bertz CT molecular complexity index is 452. The van der Waals surface area contributed by atoms with Crippen LogP contribution in [-0.2, 0) is 13.0 Å². The molecule has 0 unspecified atom stereocenters. The van der Waals surface area contributed by atoms with Crippen molar-refractivity contribution in [1.29, 1.82) is 0 Å². The molecule has 0 saturated heterocycles. The van der Waals surface area contributed by atoms with Crippen LogP contribution in [0.3, 0.4) is 0 Å². The number of nitrogens with one attached hydrogen (secondary N) is 1. The lowest BCUT2D eigenvalue weighted by Gasteiger charge is -2.28. The van der Waals surface area contributed by atoms with Crippen LogP contribution in [0, 0.1) is 5.92 Å². The van der Waals surface area contributed by atoms with E-state index in [9.17, 15) is 4.79 Å². The van der Waals surface area contributed by atoms with Crippen molar-refractivity contribution in [3.63, 3.8) is 0 Å². The van der Waals surface area contributed by atoms with Gasteiger partial charge in [0.15, 0.2) is 0 Å². The van der Waals surface area contributed by atoms with Gasteiger partial charge >= 0.3 is 6.03 Å². The van der Waals surface area contributed by atoms with Crippen LogP contribution in [0.4, 0.5) is 4.79 Å². The van der Waals surface area contributed by atoms with Gasteiger partial charge in [0.25, 0.3) is 0 Å². The molecule has 2 amide bonds. The zero-order valence-corrected chi connectivity index (χ0v) is 11.0. The second-order valence-corrected chi connectivity index (χ2v) is 4.99. The minimum absolute atomic E-state index is 0.0126. The summed E-state index contributed by atoms with van der Waals surface area (Å²) < 4.78 is 0. The molecular weight excluding hydrogens is 224 g/mol. The molecule has 18 heavy (non-hydrogen) atoms. The maximum atomic E-state index is 12.0. The number of nitrogens with zero attached hydrogens (tertiary/aromatic N) is 1. The molecule has 0 bridgehead atoms. The van der Waals surface area contributed by atoms with E-state index in [1.54, 1.807) is 6.20 Å². The zero-order valence-electron chi connectivity index (χ0n) is 11.0. The molecule has 0 aliphatic carbocycles. The fourth-order valence-electron chi connectivity index (χ4n) is 2.07. The van der Waals surface area contributed by atoms with E-state index in [1.165, 1.54) is 11.1 Å². The van der Waals surface area contributed by atoms with Crippen LogP contribution >= 0.6 is 0 Å². The summed E-state index contributed by atoms with van der Waals surface area (Å²) in [5, 5.41) is 2.82. The highest BCUT2D eigenvalue weighted by atomic mass is 16.2. The van der Waals surface area contributed by atoms with Crippen molar-refractivity contribution in [3.8, 4) is 0 Å². The molecule has 2 rings (SSSR count). The van der Waals surface area contributed by atoms with E-state index in [2.05, 4.69) is 37.4 Å². The van der Waals surface area contributed by atoms with Gasteiger partial charge in [-0.1, -0.05) is 44.2 Å². The molecule has 1 aromatic carbocycles. The number of hydrogen-bond donors (Lipinski definition) is 1. The monoisotopic (exact) mass is 244 g/mol. The quantitative estimate of drug-likeness (QED) is 0.852. The van der Waals surface area contributed by atoms with Crippen LogP contribution in [0.5, 0.6) is 0 Å². The summed E-state index contributed by atoms with van der Waals surface area (Å²) in [5.41, 5.74) is 2.62. The van der Waals surface area contributed by atoms with Gasteiger partial charge in [0, 0.05) is 19.3 Å². The number of hydrogen-bond acceptors (Lipinski definition) is 1. The Hall–Kier alpha value is -1.77. The Morgan fingerprint density at radius 1 is 1.33 bits per heavy atom. The summed E-state index contributed by atoms with van der Waals surface area (Å²) in [6.45, 7) is 5.66. The molecule has 0 spiro atoms. The molecule has 3 heteroatoms. The largest absolute Gasteiger partial charge is 0.321 e. The second kappa shape index (κ2) is 5.71. The standard InChI is InChI=1S/C15H20N2O/c1-12(2)7-9-16-15(18)17-10-8-13-5-3-4-6-14(13)11-17/h3-7,9,12H,8,10-11H2,1-2H3,(H,16,18)/b9-7+. The Labute approximate surface area is 108 Å². The SMILES string of the molecule is CC(C)/C=C/NC(=O)N1CCc2ccccc2C1. The van der Waals surface area contributed by atoms with Gasteiger partial charge in [-0.2, -0.15) is 0 Å². The summed E-state index contributed by atoms with van der Waals surface area (Å²) >= 11 is 0. The van der Waals surface area contributed by atoms with E-state index < -0.39 is 0 Å². The number of benzene rings is 1. The van der Waals surface area contributed by atoms with Crippen molar-refractivity contribution in [2.75, 3.05) is 6.54 Å². The van der Waals surface area contributed by atoms with Gasteiger partial charge in [-0.15, -0.1) is 0 Å². The molecule has 1 aromatic rings.